The summed E-state index contributed by atoms with van der Waals surface area (Å²) in [6, 6.07) is 33.5. The Balaban J connectivity index is 1.27. The lowest BCUT2D eigenvalue weighted by atomic mass is 9.99. The molecule has 6 nitrogen and oxygen atoms in total. The quantitative estimate of drug-likeness (QED) is 0.191. The van der Waals surface area contributed by atoms with Gasteiger partial charge in [0.1, 0.15) is 0 Å². The summed E-state index contributed by atoms with van der Waals surface area (Å²) in [4.78, 5) is 12.4. The van der Waals surface area contributed by atoms with Crippen LogP contribution in [0.5, 0.6) is 0 Å². The molecule has 41 heavy (non-hydrogen) atoms. The molecule has 0 unspecified atom stereocenters. The average Bonchev–Trinajstić information content (AvgIpc) is 3.04. The van der Waals surface area contributed by atoms with Crippen molar-refractivity contribution < 1.29 is 24.5 Å². The first-order chi connectivity index (χ1) is 20.1. The topological polar surface area (TPSA) is 88.0 Å². The first-order valence-corrected chi connectivity index (χ1v) is 15.0. The third-order valence-electron chi connectivity index (χ3n) is 7.09. The minimum absolute atomic E-state index is 0.00947. The van der Waals surface area contributed by atoms with Crippen molar-refractivity contribution in [1.29, 1.82) is 0 Å². The number of carbonyl (C=O) groups excluding carboxylic acids is 1. The molecule has 0 aliphatic carbocycles. The lowest BCUT2D eigenvalue weighted by molar-refractivity contribution is -0.245. The Morgan fingerprint density at radius 3 is 2.29 bits per heavy atom. The Morgan fingerprint density at radius 2 is 1.56 bits per heavy atom. The van der Waals surface area contributed by atoms with Crippen LogP contribution in [-0.2, 0) is 22.6 Å². The summed E-state index contributed by atoms with van der Waals surface area (Å²) in [6.45, 7) is 0.598. The Labute approximate surface area is 245 Å². The van der Waals surface area contributed by atoms with Crippen molar-refractivity contribution >= 4 is 17.7 Å². The van der Waals surface area contributed by atoms with Crippen LogP contribution in [0.25, 0.3) is 11.1 Å². The molecule has 7 heteroatoms. The van der Waals surface area contributed by atoms with Crippen molar-refractivity contribution in [3.8, 4) is 11.1 Å². The zero-order chi connectivity index (χ0) is 28.4. The molecular formula is C34H35NO5S. The zero-order valence-corrected chi connectivity index (χ0v) is 23.6. The van der Waals surface area contributed by atoms with Crippen LogP contribution in [0.15, 0.2) is 103 Å². The first kappa shape index (κ1) is 29.0. The summed E-state index contributed by atoms with van der Waals surface area (Å²) in [7, 11) is 0. The fourth-order valence-electron chi connectivity index (χ4n) is 4.87. The average molecular weight is 570 g/mol. The Hall–Kier alpha value is -3.46. The summed E-state index contributed by atoms with van der Waals surface area (Å²) in [5.74, 6) is 1.35. The second-order valence-electron chi connectivity index (χ2n) is 10.0. The molecule has 1 heterocycles. The molecule has 3 atom stereocenters. The van der Waals surface area contributed by atoms with E-state index < -0.39 is 6.29 Å². The number of hydrogen-bond acceptors (Lipinski definition) is 6. The molecule has 212 valence electrons. The summed E-state index contributed by atoms with van der Waals surface area (Å²) in [5.41, 5.74) is 6.65. The van der Waals surface area contributed by atoms with E-state index in [9.17, 15) is 15.0 Å². The summed E-state index contributed by atoms with van der Waals surface area (Å²) in [5, 5.41) is 21.6. The summed E-state index contributed by atoms with van der Waals surface area (Å²) in [6.07, 6.45) is 0.0533. The highest BCUT2D eigenvalue weighted by atomic mass is 32.2. The smallest absolute Gasteiger partial charge is 0.251 e. The van der Waals surface area contributed by atoms with E-state index >= 15 is 0 Å². The third kappa shape index (κ3) is 7.85. The van der Waals surface area contributed by atoms with Crippen molar-refractivity contribution in [3.63, 3.8) is 0 Å². The highest BCUT2D eigenvalue weighted by Gasteiger charge is 2.32. The van der Waals surface area contributed by atoms with Gasteiger partial charge in [0, 0.05) is 35.6 Å². The number of benzene rings is 4. The molecule has 1 saturated heterocycles. The summed E-state index contributed by atoms with van der Waals surface area (Å²) >= 11 is 1.68. The number of amides is 1. The minimum atomic E-state index is -0.514. The molecule has 0 radical (unpaired) electrons. The normalized spacial score (nSPS) is 18.6. The largest absolute Gasteiger partial charge is 0.396 e. The van der Waals surface area contributed by atoms with E-state index in [1.165, 1.54) is 0 Å². The van der Waals surface area contributed by atoms with E-state index in [0.29, 0.717) is 17.9 Å². The van der Waals surface area contributed by atoms with Gasteiger partial charge >= 0.3 is 0 Å². The standard InChI is InChI=1S/C34H35NO5S/c36-17-18-41-23-31-20-32(27-11-9-24(22-37)10-12-27)40-34(39-31)29-15-13-26(14-16-29)30-8-4-5-25(19-30)21-35-33(38)28-6-2-1-3-7-28/h1-16,19,31-32,34,36-37H,17-18,20-23H2,(H,35,38)/t31-,32+,34+/m1/s1. The van der Waals surface area contributed by atoms with Gasteiger partial charge in [-0.25, -0.2) is 0 Å². The van der Waals surface area contributed by atoms with E-state index in [-0.39, 0.29) is 31.3 Å². The molecule has 0 aromatic heterocycles. The van der Waals surface area contributed by atoms with Crippen molar-refractivity contribution in [2.24, 2.45) is 0 Å². The second-order valence-corrected chi connectivity index (χ2v) is 11.2. The Bertz CT molecular complexity index is 1400. The van der Waals surface area contributed by atoms with E-state index in [4.69, 9.17) is 9.47 Å². The molecule has 0 saturated carbocycles. The number of rotatable bonds is 11. The maximum absolute atomic E-state index is 12.4. The predicted octanol–water partition coefficient (Wildman–Crippen LogP) is 6.05. The van der Waals surface area contributed by atoms with Crippen LogP contribution in [0.3, 0.4) is 0 Å². The van der Waals surface area contributed by atoms with Gasteiger partial charge in [-0.2, -0.15) is 11.8 Å². The van der Waals surface area contributed by atoms with Crippen molar-refractivity contribution in [2.45, 2.75) is 38.1 Å². The number of hydrogen-bond donors (Lipinski definition) is 3. The van der Waals surface area contributed by atoms with Crippen molar-refractivity contribution in [3.05, 3.63) is 131 Å². The van der Waals surface area contributed by atoms with Crippen LogP contribution >= 0.6 is 11.8 Å². The van der Waals surface area contributed by atoms with Crippen molar-refractivity contribution in [1.82, 2.24) is 5.32 Å². The van der Waals surface area contributed by atoms with Gasteiger partial charge in [0.05, 0.1) is 25.4 Å². The molecular weight excluding hydrogens is 534 g/mol. The zero-order valence-electron chi connectivity index (χ0n) is 22.8. The van der Waals surface area contributed by atoms with Crippen molar-refractivity contribution in [2.75, 3.05) is 18.1 Å². The van der Waals surface area contributed by atoms with Gasteiger partial charge in [-0.15, -0.1) is 0 Å². The molecule has 5 rings (SSSR count). The van der Waals surface area contributed by atoms with Crippen LogP contribution in [0.2, 0.25) is 0 Å². The highest BCUT2D eigenvalue weighted by Crippen LogP contribution is 2.39. The third-order valence-corrected chi connectivity index (χ3v) is 8.17. The van der Waals surface area contributed by atoms with Gasteiger partial charge < -0.3 is 25.0 Å². The molecule has 1 amide bonds. The highest BCUT2D eigenvalue weighted by molar-refractivity contribution is 7.99. The van der Waals surface area contributed by atoms with Gasteiger partial charge in [0.25, 0.3) is 5.91 Å². The lowest BCUT2D eigenvalue weighted by Crippen LogP contribution is -2.31. The number of aliphatic hydroxyl groups excluding tert-OH is 2. The Morgan fingerprint density at radius 1 is 0.805 bits per heavy atom. The maximum atomic E-state index is 12.4. The van der Waals surface area contributed by atoms with Crippen LogP contribution in [0.4, 0.5) is 0 Å². The maximum Gasteiger partial charge on any atom is 0.251 e. The molecule has 4 aromatic rings. The molecule has 0 spiro atoms. The fraction of sp³-hybridized carbons (Fsp3) is 0.265. The van der Waals surface area contributed by atoms with Gasteiger partial charge in [-0.05, 0) is 46.0 Å². The van der Waals surface area contributed by atoms with Crippen LogP contribution in [-0.4, -0.2) is 40.3 Å². The number of aliphatic hydroxyl groups is 2. The lowest BCUT2D eigenvalue weighted by Gasteiger charge is -2.36. The van der Waals surface area contributed by atoms with E-state index in [2.05, 4.69) is 29.6 Å². The monoisotopic (exact) mass is 569 g/mol. The molecule has 3 N–H and O–H groups in total. The molecule has 0 bridgehead atoms. The van der Waals surface area contributed by atoms with Crippen LogP contribution in [0, 0.1) is 0 Å². The number of carbonyl (C=O) groups is 1. The van der Waals surface area contributed by atoms with Crippen LogP contribution < -0.4 is 5.32 Å². The van der Waals surface area contributed by atoms with Crippen LogP contribution in [0.1, 0.15) is 51.4 Å². The molecule has 1 aliphatic heterocycles. The van der Waals surface area contributed by atoms with Gasteiger partial charge in [0.15, 0.2) is 6.29 Å². The van der Waals surface area contributed by atoms with Gasteiger partial charge in [-0.3, -0.25) is 4.79 Å². The summed E-state index contributed by atoms with van der Waals surface area (Å²) < 4.78 is 12.8. The number of thioether (sulfide) groups is 1. The van der Waals surface area contributed by atoms with E-state index in [0.717, 1.165) is 45.6 Å². The second kappa shape index (κ2) is 14.4. The molecule has 4 aromatic carbocycles. The number of nitrogens with one attached hydrogen (secondary N) is 1. The fourth-order valence-corrected chi connectivity index (χ4v) is 5.64. The van der Waals surface area contributed by atoms with Gasteiger partial charge in [0.2, 0.25) is 0 Å². The van der Waals surface area contributed by atoms with Gasteiger partial charge in [-0.1, -0.05) is 84.9 Å². The molecule has 1 fully saturated rings. The SMILES string of the molecule is O=C(NCc1cccc(-c2ccc([C@H]3O[C@@H](CSCCO)C[C@@H](c4ccc(CO)cc4)O3)cc2)c1)c1ccccc1. The van der Waals surface area contributed by atoms with E-state index in [1.54, 1.807) is 23.9 Å². The van der Waals surface area contributed by atoms with E-state index in [1.807, 2.05) is 66.7 Å². The first-order valence-electron chi connectivity index (χ1n) is 13.8. The molecule has 1 aliphatic rings. The Kier molecular flexibility index (Phi) is 10.2. The minimum Gasteiger partial charge on any atom is -0.396 e. The number of ether oxygens (including phenoxy) is 2. The predicted molar refractivity (Wildman–Crippen MR) is 162 cm³/mol.